The van der Waals surface area contributed by atoms with Crippen molar-refractivity contribution < 1.29 is 90.4 Å². The van der Waals surface area contributed by atoms with Crippen LogP contribution in [-0.2, 0) is 85.0 Å². The number of hydrogen-bond donors (Lipinski definition) is 10. The van der Waals surface area contributed by atoms with Crippen molar-refractivity contribution >= 4 is 101 Å². The minimum Gasteiger partial charge on any atom is -0.445 e. The van der Waals surface area contributed by atoms with Gasteiger partial charge in [-0.2, -0.15) is 11.8 Å². The molecule has 1 heterocycles. The van der Waals surface area contributed by atoms with Gasteiger partial charge in [-0.1, -0.05) is 66.6 Å². The zero-order chi connectivity index (χ0) is 75.8. The van der Waals surface area contributed by atoms with E-state index in [1.807, 2.05) is 105 Å². The Hall–Kier alpha value is -9.24. The third-order valence-electron chi connectivity index (χ3n) is 13.8. The van der Waals surface area contributed by atoms with Gasteiger partial charge in [0.1, 0.15) is 44.3 Å². The van der Waals surface area contributed by atoms with E-state index in [1.54, 1.807) is 29.9 Å². The van der Waals surface area contributed by atoms with Crippen LogP contribution in [0.25, 0.3) is 0 Å². The largest absolute Gasteiger partial charge is 0.445 e. The summed E-state index contributed by atoms with van der Waals surface area (Å²) >= 11 is 1.27. The molecule has 32 nitrogen and oxygen atoms in total. The first-order valence-corrected chi connectivity index (χ1v) is 33.5. The SMILES string of the molecule is CC(=O)NCCN(CCNC(=O)OCc1ccc(C)cc1)C(=O)C[N+](C)(C)C.CC(=O)NCCN(CCNC(=O)OCc1ccc(C)cc1)C(=O)C[N+](C)(C)C.CCC(=O)C(C)NC(=O)C(C)NC(=O)CN1C(=O)CC(SC)C1=O.CNC(=O)CC(=O)NC(C)C(=O)NC(C)C(=O)NC. The smallest absolute Gasteiger partial charge is 0.407 e. The van der Waals surface area contributed by atoms with Crippen molar-refractivity contribution in [1.82, 2.24) is 67.9 Å². The molecule has 0 saturated carbocycles. The van der Waals surface area contributed by atoms with Crippen molar-refractivity contribution in [3.63, 3.8) is 0 Å². The monoisotopic (exact) mass is 1420 g/mol. The van der Waals surface area contributed by atoms with E-state index < -0.39 is 83.6 Å². The van der Waals surface area contributed by atoms with Crippen LogP contribution in [0, 0.1) is 13.8 Å². The molecule has 554 valence electrons. The van der Waals surface area contributed by atoms with Gasteiger partial charge >= 0.3 is 12.2 Å². The van der Waals surface area contributed by atoms with Crippen LogP contribution in [0.4, 0.5) is 9.59 Å². The van der Waals surface area contributed by atoms with Gasteiger partial charge in [0.25, 0.3) is 11.8 Å². The molecule has 2 aromatic carbocycles. The quantitative estimate of drug-likeness (QED) is 0.0231. The number of nitrogens with zero attached hydrogens (tertiary/aromatic N) is 5. The van der Waals surface area contributed by atoms with Gasteiger partial charge in [-0.15, -0.1) is 0 Å². The number of ether oxygens (including phenoxy) is 2. The minimum atomic E-state index is -0.881. The van der Waals surface area contributed by atoms with Gasteiger partial charge in [-0.05, 0) is 58.9 Å². The molecule has 99 heavy (non-hydrogen) atoms. The van der Waals surface area contributed by atoms with E-state index in [0.29, 0.717) is 67.7 Å². The third kappa shape index (κ3) is 41.6. The molecular weight excluding hydrogens is 1310 g/mol. The fourth-order valence-corrected chi connectivity index (χ4v) is 8.90. The van der Waals surface area contributed by atoms with E-state index >= 15 is 0 Å². The number of thioether (sulfide) groups is 1. The predicted octanol–water partition coefficient (Wildman–Crippen LogP) is -0.872. The second-order valence-corrected chi connectivity index (χ2v) is 26.2. The fourth-order valence-electron chi connectivity index (χ4n) is 8.26. The summed E-state index contributed by atoms with van der Waals surface area (Å²) in [5, 5.41) is 24.7. The number of carbonyl (C=O) groups is 15. The number of carbonyl (C=O) groups excluding carboxylic acids is 15. The normalized spacial score (nSPS) is 13.4. The summed E-state index contributed by atoms with van der Waals surface area (Å²) < 4.78 is 11.4. The molecular formula is C66H109N15O17S+2. The van der Waals surface area contributed by atoms with Gasteiger partial charge in [0.05, 0.1) is 53.6 Å². The summed E-state index contributed by atoms with van der Waals surface area (Å²) in [7, 11) is 14.5. The Morgan fingerprint density at radius 3 is 1.25 bits per heavy atom. The first kappa shape index (κ1) is 89.8. The van der Waals surface area contributed by atoms with Crippen molar-refractivity contribution in [3.05, 3.63) is 70.8 Å². The predicted molar refractivity (Wildman–Crippen MR) is 372 cm³/mol. The van der Waals surface area contributed by atoms with Crippen LogP contribution >= 0.6 is 11.8 Å². The van der Waals surface area contributed by atoms with Crippen LogP contribution in [0.3, 0.4) is 0 Å². The van der Waals surface area contributed by atoms with Crippen molar-refractivity contribution in [2.75, 3.05) is 135 Å². The Morgan fingerprint density at radius 2 is 0.909 bits per heavy atom. The third-order valence-corrected chi connectivity index (χ3v) is 14.8. The number of rotatable bonds is 34. The second-order valence-electron chi connectivity index (χ2n) is 25.2. The molecule has 0 aromatic heterocycles. The maximum absolute atomic E-state index is 12.5. The first-order chi connectivity index (χ1) is 46.1. The van der Waals surface area contributed by atoms with E-state index in [1.165, 1.54) is 60.5 Å². The van der Waals surface area contributed by atoms with E-state index in [0.717, 1.165) is 27.2 Å². The summed E-state index contributed by atoms with van der Waals surface area (Å²) in [4.78, 5) is 179. The molecule has 1 fully saturated rings. The Morgan fingerprint density at radius 1 is 0.535 bits per heavy atom. The molecule has 1 saturated heterocycles. The molecule has 5 atom stereocenters. The zero-order valence-corrected chi connectivity index (χ0v) is 61.7. The highest BCUT2D eigenvalue weighted by Crippen LogP contribution is 2.22. The number of Topliss-reactive ketones (excluding diaryl/α,β-unsaturated/α-hetero) is 1. The number of benzene rings is 2. The van der Waals surface area contributed by atoms with Crippen LogP contribution in [-0.4, -0.2) is 277 Å². The highest BCUT2D eigenvalue weighted by atomic mass is 32.2. The zero-order valence-electron chi connectivity index (χ0n) is 60.9. The second kappa shape index (κ2) is 46.9. The lowest BCUT2D eigenvalue weighted by Crippen LogP contribution is -2.51. The topological polar surface area (TPSA) is 405 Å². The molecule has 14 amide bonds. The van der Waals surface area contributed by atoms with Crippen LogP contribution in [0.15, 0.2) is 48.5 Å². The van der Waals surface area contributed by atoms with E-state index in [-0.39, 0.29) is 80.4 Å². The number of ketones is 1. The van der Waals surface area contributed by atoms with Gasteiger partial charge in [-0.25, -0.2) is 9.59 Å². The number of aryl methyl sites for hydroxylation is 2. The number of likely N-dealkylation sites (tertiary alicyclic amines) is 1. The molecule has 0 aliphatic carbocycles. The summed E-state index contributed by atoms with van der Waals surface area (Å²) in [6, 6.07) is 12.5. The molecule has 5 unspecified atom stereocenters. The Kier molecular flexibility index (Phi) is 42.5. The first-order valence-electron chi connectivity index (χ1n) is 32.2. The van der Waals surface area contributed by atoms with E-state index in [4.69, 9.17) is 9.47 Å². The van der Waals surface area contributed by atoms with Gasteiger partial charge < -0.3 is 81.4 Å². The minimum absolute atomic E-state index is 0.0346. The molecule has 0 spiro atoms. The maximum atomic E-state index is 12.5. The standard InChI is InChI=1S/2C20H32N4O4.C15H23N3O5S.C11H20N4O4/c2*1-16-6-8-18(9-7-16)15-28-20(27)22-11-13-23(12-10-21-17(2)25)19(26)14-24(3,4)5;1-5-10(19)8(2)17-14(22)9(3)16-12(20)7-18-13(21)6-11(24-4)15(18)23;1-6(10(18)13-4)15-11(19)7(2)14-9(17)5-8(16)12-3/h2*6-9H,10-15H2,1-5H3,(H-,21,22,25,27);8-9,11H,5-7H2,1-4H3,(H,16,20)(H,17,22);6-7H,5H2,1-4H3,(H,12,16)(H,13,18)(H,14,17)(H,15,19)/p+2. The van der Waals surface area contributed by atoms with Crippen molar-refractivity contribution in [2.45, 2.75) is 124 Å². The number of alkyl carbamates (subject to hydrolysis) is 2. The number of nitrogens with one attached hydrogen (secondary N) is 10. The van der Waals surface area contributed by atoms with E-state index in [2.05, 4.69) is 53.2 Å². The van der Waals surface area contributed by atoms with Crippen molar-refractivity contribution in [2.24, 2.45) is 0 Å². The molecule has 0 bridgehead atoms. The van der Waals surface area contributed by atoms with Gasteiger partial charge in [0, 0.05) is 93.1 Å². The molecule has 1 aliphatic rings. The summed E-state index contributed by atoms with van der Waals surface area (Å²) in [5.41, 5.74) is 4.11. The molecule has 0 radical (unpaired) electrons. The van der Waals surface area contributed by atoms with Crippen molar-refractivity contribution in [1.29, 1.82) is 0 Å². The lowest BCUT2D eigenvalue weighted by Gasteiger charge is -2.28. The lowest BCUT2D eigenvalue weighted by molar-refractivity contribution is -0.862. The lowest BCUT2D eigenvalue weighted by atomic mass is 10.1. The summed E-state index contributed by atoms with van der Waals surface area (Å²) in [6.45, 7) is 18.0. The number of amides is 14. The maximum Gasteiger partial charge on any atom is 0.407 e. The van der Waals surface area contributed by atoms with Gasteiger partial charge in [-0.3, -0.25) is 67.2 Å². The summed E-state index contributed by atoms with van der Waals surface area (Å²) in [5.74, 6) is -4.19. The van der Waals surface area contributed by atoms with Crippen LogP contribution in [0.1, 0.15) is 90.0 Å². The summed E-state index contributed by atoms with van der Waals surface area (Å²) in [6.07, 6.45) is 0.713. The fraction of sp³-hybridized carbons (Fsp3) is 0.591. The number of quaternary nitrogens is 2. The molecule has 3 rings (SSSR count). The van der Waals surface area contributed by atoms with Gasteiger partial charge in [0.2, 0.25) is 59.1 Å². The number of imide groups is 1. The molecule has 2 aromatic rings. The average molecular weight is 1420 g/mol. The van der Waals surface area contributed by atoms with Gasteiger partial charge in [0.15, 0.2) is 18.9 Å². The number of likely N-dealkylation sites (N-methyl/N-ethyl adjacent to an activating group) is 3. The highest BCUT2D eigenvalue weighted by molar-refractivity contribution is 8.00. The van der Waals surface area contributed by atoms with Crippen molar-refractivity contribution in [3.8, 4) is 0 Å². The Bertz CT molecular complexity index is 2900. The molecule has 10 N–H and O–H groups in total. The highest BCUT2D eigenvalue weighted by Gasteiger charge is 2.39. The Labute approximate surface area is 586 Å². The average Bonchev–Trinajstić information content (AvgIpc) is 1.69. The molecule has 1 aliphatic heterocycles. The van der Waals surface area contributed by atoms with Crippen LogP contribution in [0.2, 0.25) is 0 Å². The molecule has 33 heteroatoms. The Balaban J connectivity index is 0.00000131. The van der Waals surface area contributed by atoms with E-state index in [9.17, 15) is 71.9 Å². The number of hydrogen-bond acceptors (Lipinski definition) is 18. The van der Waals surface area contributed by atoms with Crippen LogP contribution in [0.5, 0.6) is 0 Å². The van der Waals surface area contributed by atoms with Crippen LogP contribution < -0.4 is 53.2 Å².